The Bertz CT molecular complexity index is 831. The van der Waals surface area contributed by atoms with Gasteiger partial charge in [0, 0.05) is 18.8 Å². The summed E-state index contributed by atoms with van der Waals surface area (Å²) >= 11 is 0. The molecule has 2 fully saturated rings. The third-order valence-corrected chi connectivity index (χ3v) is 7.78. The van der Waals surface area contributed by atoms with Gasteiger partial charge >= 0.3 is 6.18 Å². The summed E-state index contributed by atoms with van der Waals surface area (Å²) in [6, 6.07) is 0.814. The minimum atomic E-state index is -4.65. The Hall–Kier alpha value is -1.20. The van der Waals surface area contributed by atoms with E-state index in [0.29, 0.717) is 12.3 Å². The number of sulfone groups is 1. The van der Waals surface area contributed by atoms with Crippen LogP contribution in [0.15, 0.2) is 23.2 Å². The summed E-state index contributed by atoms with van der Waals surface area (Å²) in [7, 11) is -7.40. The number of pyridine rings is 1. The van der Waals surface area contributed by atoms with Crippen LogP contribution in [0.1, 0.15) is 18.5 Å². The fourth-order valence-corrected chi connectivity index (χ4v) is 6.26. The zero-order valence-corrected chi connectivity index (χ0v) is 14.0. The van der Waals surface area contributed by atoms with Crippen LogP contribution < -0.4 is 0 Å². The molecule has 1 aromatic heterocycles. The Morgan fingerprint density at radius 1 is 1.21 bits per heavy atom. The number of hydrogen-bond donors (Lipinski definition) is 0. The van der Waals surface area contributed by atoms with Crippen LogP contribution in [-0.2, 0) is 26.0 Å². The second-order valence-corrected chi connectivity index (χ2v) is 10.1. The van der Waals surface area contributed by atoms with Crippen molar-refractivity contribution in [3.05, 3.63) is 24.0 Å². The van der Waals surface area contributed by atoms with Gasteiger partial charge in [-0.05, 0) is 30.9 Å². The van der Waals surface area contributed by atoms with Gasteiger partial charge in [0.15, 0.2) is 9.84 Å². The van der Waals surface area contributed by atoms with E-state index in [-0.39, 0.29) is 28.9 Å². The first-order valence-corrected chi connectivity index (χ1v) is 10.5. The minimum Gasteiger partial charge on any atom is -0.250 e. The zero-order chi connectivity index (χ0) is 17.8. The second kappa shape index (κ2) is 5.67. The minimum absolute atomic E-state index is 0.0164. The Morgan fingerprint density at radius 2 is 1.88 bits per heavy atom. The smallest absolute Gasteiger partial charge is 0.250 e. The maximum absolute atomic E-state index is 12.7. The normalized spacial score (nSPS) is 25.5. The molecule has 1 saturated carbocycles. The molecule has 1 aromatic rings. The fourth-order valence-electron chi connectivity index (χ4n) is 2.81. The molecular formula is C13H15F3N2O4S2. The second-order valence-electron chi connectivity index (χ2n) is 6.01. The average molecular weight is 384 g/mol. The predicted molar refractivity (Wildman–Crippen MR) is 78.3 cm³/mol. The van der Waals surface area contributed by atoms with Crippen LogP contribution in [0.5, 0.6) is 0 Å². The van der Waals surface area contributed by atoms with Crippen LogP contribution in [0.2, 0.25) is 0 Å². The van der Waals surface area contributed by atoms with E-state index in [4.69, 9.17) is 0 Å². The van der Waals surface area contributed by atoms with E-state index in [1.165, 1.54) is 0 Å². The van der Waals surface area contributed by atoms with Crippen LogP contribution in [0.3, 0.4) is 0 Å². The highest BCUT2D eigenvalue weighted by Gasteiger charge is 2.46. The van der Waals surface area contributed by atoms with Crippen LogP contribution in [0, 0.1) is 5.92 Å². The van der Waals surface area contributed by atoms with Crippen LogP contribution in [0.25, 0.3) is 0 Å². The highest BCUT2D eigenvalue weighted by molar-refractivity contribution is 7.92. The molecule has 24 heavy (non-hydrogen) atoms. The van der Waals surface area contributed by atoms with Gasteiger partial charge in [-0.1, -0.05) is 0 Å². The van der Waals surface area contributed by atoms with Gasteiger partial charge in [-0.3, -0.25) is 4.98 Å². The molecular weight excluding hydrogens is 369 g/mol. The quantitative estimate of drug-likeness (QED) is 0.784. The van der Waals surface area contributed by atoms with Crippen molar-refractivity contribution in [2.24, 2.45) is 5.92 Å². The van der Waals surface area contributed by atoms with Gasteiger partial charge in [-0.25, -0.2) is 16.8 Å². The molecule has 3 rings (SSSR count). The van der Waals surface area contributed by atoms with E-state index in [9.17, 15) is 30.0 Å². The topological polar surface area (TPSA) is 84.4 Å². The number of aromatic nitrogens is 1. The molecule has 11 heteroatoms. The van der Waals surface area contributed by atoms with E-state index in [1.807, 2.05) is 0 Å². The van der Waals surface area contributed by atoms with Crippen molar-refractivity contribution in [3.63, 3.8) is 0 Å². The first-order valence-electron chi connectivity index (χ1n) is 7.26. The van der Waals surface area contributed by atoms with Crippen molar-refractivity contribution >= 4 is 19.9 Å². The maximum atomic E-state index is 12.7. The summed E-state index contributed by atoms with van der Waals surface area (Å²) in [4.78, 5) is 2.82. The number of nitrogens with zero attached hydrogens (tertiary/aromatic N) is 2. The van der Waals surface area contributed by atoms with E-state index in [1.54, 1.807) is 0 Å². The summed E-state index contributed by atoms with van der Waals surface area (Å²) in [5, 5.41) is 0. The van der Waals surface area contributed by atoms with Crippen molar-refractivity contribution < 1.29 is 30.0 Å². The summed E-state index contributed by atoms with van der Waals surface area (Å²) in [6.07, 6.45) is -2.49. The highest BCUT2D eigenvalue weighted by atomic mass is 32.2. The predicted octanol–water partition coefficient (Wildman–Crippen LogP) is 1.30. The zero-order valence-electron chi connectivity index (χ0n) is 12.4. The Morgan fingerprint density at radius 3 is 2.38 bits per heavy atom. The molecule has 1 unspecified atom stereocenters. The molecule has 0 radical (unpaired) electrons. The molecule has 1 atom stereocenters. The van der Waals surface area contributed by atoms with Crippen molar-refractivity contribution in [2.75, 3.05) is 18.1 Å². The molecule has 2 heterocycles. The van der Waals surface area contributed by atoms with Crippen LogP contribution in [0.4, 0.5) is 13.2 Å². The lowest BCUT2D eigenvalue weighted by Gasteiger charge is -2.34. The molecule has 1 aliphatic heterocycles. The van der Waals surface area contributed by atoms with Crippen molar-refractivity contribution in [3.8, 4) is 0 Å². The Balaban J connectivity index is 1.92. The first-order chi connectivity index (χ1) is 11.0. The molecule has 0 amide bonds. The highest BCUT2D eigenvalue weighted by Crippen LogP contribution is 2.39. The molecule has 0 aromatic carbocycles. The third kappa shape index (κ3) is 3.42. The number of hydrogen-bond acceptors (Lipinski definition) is 5. The monoisotopic (exact) mass is 384 g/mol. The number of rotatable bonds is 3. The first kappa shape index (κ1) is 17.6. The summed E-state index contributed by atoms with van der Waals surface area (Å²) < 4.78 is 87.8. The molecule has 134 valence electrons. The maximum Gasteiger partial charge on any atom is 0.433 e. The van der Waals surface area contributed by atoms with E-state index in [0.717, 1.165) is 23.2 Å². The standard InChI is InChI=1S/C13H15F3N2O4S2/c14-13(15,16)12-4-3-10(7-17-12)24(21,22)18-5-6-23(19,20)8-11(18)9-1-2-9/h3-4,7,9,11H,1-2,5-6,8H2. The molecule has 0 N–H and O–H groups in total. The average Bonchev–Trinajstić information content (AvgIpc) is 3.30. The number of sulfonamides is 1. The molecule has 0 spiro atoms. The third-order valence-electron chi connectivity index (χ3n) is 4.22. The van der Waals surface area contributed by atoms with Crippen LogP contribution >= 0.6 is 0 Å². The lowest BCUT2D eigenvalue weighted by molar-refractivity contribution is -0.141. The van der Waals surface area contributed by atoms with Crippen LogP contribution in [-0.4, -0.2) is 50.2 Å². The van der Waals surface area contributed by atoms with Gasteiger partial charge in [-0.2, -0.15) is 17.5 Å². The summed E-state index contributed by atoms with van der Waals surface area (Å²) in [5.41, 5.74) is -1.18. The SMILES string of the molecule is O=S1(=O)CCN(S(=O)(=O)c2ccc(C(F)(F)F)nc2)C(C2CC2)C1. The Labute approximate surface area is 137 Å². The lowest BCUT2D eigenvalue weighted by Crippen LogP contribution is -2.52. The molecule has 0 bridgehead atoms. The van der Waals surface area contributed by atoms with E-state index in [2.05, 4.69) is 4.98 Å². The van der Waals surface area contributed by atoms with Gasteiger partial charge < -0.3 is 0 Å². The molecule has 1 aliphatic carbocycles. The van der Waals surface area contributed by atoms with Gasteiger partial charge in [0.2, 0.25) is 10.0 Å². The lowest BCUT2D eigenvalue weighted by atomic mass is 10.2. The fraction of sp³-hybridized carbons (Fsp3) is 0.615. The summed E-state index contributed by atoms with van der Waals surface area (Å²) in [5.74, 6) is -0.550. The van der Waals surface area contributed by atoms with Gasteiger partial charge in [0.25, 0.3) is 0 Å². The molecule has 2 aliphatic rings. The summed E-state index contributed by atoms with van der Waals surface area (Å²) in [6.45, 7) is -0.188. The molecule has 6 nitrogen and oxygen atoms in total. The van der Waals surface area contributed by atoms with Crippen molar-refractivity contribution in [1.29, 1.82) is 0 Å². The number of halogens is 3. The number of alkyl halides is 3. The molecule has 1 saturated heterocycles. The Kier molecular flexibility index (Phi) is 4.16. The van der Waals surface area contributed by atoms with E-state index >= 15 is 0 Å². The van der Waals surface area contributed by atoms with Gasteiger partial charge in [0.05, 0.1) is 11.5 Å². The van der Waals surface area contributed by atoms with E-state index < -0.39 is 37.8 Å². The van der Waals surface area contributed by atoms with Crippen molar-refractivity contribution in [2.45, 2.75) is 30.0 Å². The van der Waals surface area contributed by atoms with Gasteiger partial charge in [-0.15, -0.1) is 0 Å². The van der Waals surface area contributed by atoms with Crippen molar-refractivity contribution in [1.82, 2.24) is 9.29 Å². The largest absolute Gasteiger partial charge is 0.433 e. The van der Waals surface area contributed by atoms with Gasteiger partial charge in [0.1, 0.15) is 10.6 Å².